The average molecular weight is 204 g/mol. The van der Waals surface area contributed by atoms with Crippen LogP contribution >= 0.6 is 0 Å². The molecule has 0 spiro atoms. The first kappa shape index (κ1) is 10.2. The molecule has 0 amide bonds. The van der Waals surface area contributed by atoms with Gasteiger partial charge in [-0.2, -0.15) is 0 Å². The van der Waals surface area contributed by atoms with Crippen LogP contribution in [0.2, 0.25) is 0 Å². The molecule has 0 fully saturated rings. The van der Waals surface area contributed by atoms with Crippen LogP contribution in [-0.2, 0) is 4.79 Å². The van der Waals surface area contributed by atoms with Crippen molar-refractivity contribution in [2.45, 2.75) is 40.5 Å². The van der Waals surface area contributed by atoms with Crippen LogP contribution in [0.25, 0.3) is 0 Å². The molecule has 2 rings (SSSR count). The van der Waals surface area contributed by atoms with Crippen molar-refractivity contribution >= 4 is 5.97 Å². The van der Waals surface area contributed by atoms with Crippen LogP contribution in [0.15, 0.2) is 0 Å². The molecular formula is C13H16O2. The monoisotopic (exact) mass is 204 g/mol. The van der Waals surface area contributed by atoms with E-state index in [-0.39, 0.29) is 11.9 Å². The second kappa shape index (κ2) is 3.09. The van der Waals surface area contributed by atoms with Gasteiger partial charge >= 0.3 is 5.97 Å². The van der Waals surface area contributed by atoms with Crippen LogP contribution in [-0.4, -0.2) is 5.97 Å². The minimum atomic E-state index is -0.124. The van der Waals surface area contributed by atoms with Gasteiger partial charge in [-0.3, -0.25) is 4.79 Å². The van der Waals surface area contributed by atoms with E-state index in [0.29, 0.717) is 0 Å². The Morgan fingerprint density at radius 3 is 2.07 bits per heavy atom. The Morgan fingerprint density at radius 2 is 1.47 bits per heavy atom. The van der Waals surface area contributed by atoms with Gasteiger partial charge in [0.15, 0.2) is 0 Å². The highest BCUT2D eigenvalue weighted by Gasteiger charge is 2.33. The van der Waals surface area contributed by atoms with Crippen LogP contribution in [0, 0.1) is 27.7 Å². The summed E-state index contributed by atoms with van der Waals surface area (Å²) in [7, 11) is 0. The fourth-order valence-electron chi connectivity index (χ4n) is 2.27. The van der Waals surface area contributed by atoms with E-state index < -0.39 is 0 Å². The molecule has 0 saturated carbocycles. The number of benzene rings is 1. The maximum Gasteiger partial charge on any atom is 0.318 e. The quantitative estimate of drug-likeness (QED) is 0.479. The number of hydrogen-bond donors (Lipinski definition) is 0. The molecule has 1 aromatic rings. The zero-order valence-electron chi connectivity index (χ0n) is 9.89. The van der Waals surface area contributed by atoms with E-state index in [9.17, 15) is 4.79 Å². The largest absolute Gasteiger partial charge is 0.425 e. The summed E-state index contributed by atoms with van der Waals surface area (Å²) in [4.78, 5) is 11.5. The van der Waals surface area contributed by atoms with Gasteiger partial charge in [-0.25, -0.2) is 0 Å². The summed E-state index contributed by atoms with van der Waals surface area (Å²) < 4.78 is 5.33. The first-order chi connectivity index (χ1) is 6.95. The number of carbonyl (C=O) groups excluding carboxylic acids is 1. The minimum Gasteiger partial charge on any atom is -0.425 e. The summed E-state index contributed by atoms with van der Waals surface area (Å²) in [6.45, 7) is 10.2. The lowest BCUT2D eigenvalue weighted by atomic mass is 9.89. The van der Waals surface area contributed by atoms with E-state index in [0.717, 1.165) is 16.9 Å². The smallest absolute Gasteiger partial charge is 0.318 e. The van der Waals surface area contributed by atoms with Crippen LogP contribution in [0.1, 0.15) is 40.7 Å². The Morgan fingerprint density at radius 1 is 0.933 bits per heavy atom. The van der Waals surface area contributed by atoms with E-state index in [1.807, 2.05) is 13.8 Å². The van der Waals surface area contributed by atoms with Crippen molar-refractivity contribution in [1.82, 2.24) is 0 Å². The minimum absolute atomic E-state index is 0.113. The maximum absolute atomic E-state index is 11.5. The van der Waals surface area contributed by atoms with Gasteiger partial charge in [0.2, 0.25) is 0 Å². The number of hydrogen-bond acceptors (Lipinski definition) is 2. The highest BCUT2D eigenvalue weighted by molar-refractivity contribution is 5.87. The Hall–Kier alpha value is -1.31. The van der Waals surface area contributed by atoms with Gasteiger partial charge in [0.1, 0.15) is 5.75 Å². The lowest BCUT2D eigenvalue weighted by molar-refractivity contribution is -0.133. The molecule has 0 aliphatic carbocycles. The standard InChI is InChI=1S/C13H16O2/c1-6-7(2)9(4)12-11(8(6)3)10(5)13(14)15-12/h10H,1-5H3. The fraction of sp³-hybridized carbons (Fsp3) is 0.462. The van der Waals surface area contributed by atoms with Gasteiger partial charge in [0.05, 0.1) is 5.92 Å². The number of esters is 1. The topological polar surface area (TPSA) is 26.3 Å². The van der Waals surface area contributed by atoms with Crippen LogP contribution in [0.3, 0.4) is 0 Å². The highest BCUT2D eigenvalue weighted by atomic mass is 16.5. The van der Waals surface area contributed by atoms with Crippen molar-refractivity contribution in [1.29, 1.82) is 0 Å². The van der Waals surface area contributed by atoms with Gasteiger partial charge in [0.25, 0.3) is 0 Å². The molecule has 0 saturated heterocycles. The van der Waals surface area contributed by atoms with Crippen molar-refractivity contribution in [3.63, 3.8) is 0 Å². The van der Waals surface area contributed by atoms with E-state index in [2.05, 4.69) is 20.8 Å². The number of rotatable bonds is 0. The molecule has 1 atom stereocenters. The fourth-order valence-corrected chi connectivity index (χ4v) is 2.27. The molecule has 1 aliphatic rings. The second-order valence-electron chi connectivity index (χ2n) is 4.39. The number of carbonyl (C=O) groups is 1. The molecule has 1 aromatic carbocycles. The predicted octanol–water partition coefficient (Wildman–Crippen LogP) is 2.94. The third-order valence-electron chi connectivity index (χ3n) is 3.67. The molecule has 2 heteroatoms. The lowest BCUT2D eigenvalue weighted by Crippen LogP contribution is -2.06. The number of fused-ring (bicyclic) bond motifs is 1. The highest BCUT2D eigenvalue weighted by Crippen LogP contribution is 2.42. The van der Waals surface area contributed by atoms with Crippen molar-refractivity contribution in [2.75, 3.05) is 0 Å². The van der Waals surface area contributed by atoms with Crippen molar-refractivity contribution in [2.24, 2.45) is 0 Å². The van der Waals surface area contributed by atoms with E-state index in [1.165, 1.54) is 16.7 Å². The summed E-state index contributed by atoms with van der Waals surface area (Å²) in [5, 5.41) is 0. The van der Waals surface area contributed by atoms with Crippen molar-refractivity contribution in [3.05, 3.63) is 27.8 Å². The number of ether oxygens (including phenoxy) is 1. The summed E-state index contributed by atoms with van der Waals surface area (Å²) in [6, 6.07) is 0. The molecular weight excluding hydrogens is 188 g/mol. The van der Waals surface area contributed by atoms with E-state index >= 15 is 0 Å². The first-order valence-electron chi connectivity index (χ1n) is 5.27. The van der Waals surface area contributed by atoms with Gasteiger partial charge in [-0.1, -0.05) is 0 Å². The molecule has 0 radical (unpaired) electrons. The SMILES string of the molecule is Cc1c(C)c(C)c2c(c1C)OC(=O)C2C. The van der Waals surface area contributed by atoms with Crippen LogP contribution in [0.4, 0.5) is 0 Å². The molecule has 1 heterocycles. The van der Waals surface area contributed by atoms with Crippen molar-refractivity contribution < 1.29 is 9.53 Å². The molecule has 2 nitrogen and oxygen atoms in total. The zero-order valence-corrected chi connectivity index (χ0v) is 9.89. The first-order valence-corrected chi connectivity index (χ1v) is 5.27. The molecule has 0 N–H and O–H groups in total. The van der Waals surface area contributed by atoms with E-state index in [1.54, 1.807) is 0 Å². The Balaban J connectivity index is 2.80. The maximum atomic E-state index is 11.5. The van der Waals surface area contributed by atoms with Gasteiger partial charge in [0, 0.05) is 5.56 Å². The summed E-state index contributed by atoms with van der Waals surface area (Å²) in [5.41, 5.74) is 5.89. The summed E-state index contributed by atoms with van der Waals surface area (Å²) in [6.07, 6.45) is 0. The zero-order chi connectivity index (χ0) is 11.3. The lowest BCUT2D eigenvalue weighted by Gasteiger charge is -2.14. The molecule has 1 unspecified atom stereocenters. The summed E-state index contributed by atoms with van der Waals surface area (Å²) >= 11 is 0. The van der Waals surface area contributed by atoms with Gasteiger partial charge < -0.3 is 4.74 Å². The second-order valence-corrected chi connectivity index (χ2v) is 4.39. The molecule has 1 aliphatic heterocycles. The molecule has 15 heavy (non-hydrogen) atoms. The van der Waals surface area contributed by atoms with Crippen LogP contribution in [0.5, 0.6) is 5.75 Å². The van der Waals surface area contributed by atoms with Gasteiger partial charge in [-0.05, 0) is 56.9 Å². The third kappa shape index (κ3) is 1.21. The molecule has 0 aromatic heterocycles. The third-order valence-corrected chi connectivity index (χ3v) is 3.67. The van der Waals surface area contributed by atoms with Gasteiger partial charge in [-0.15, -0.1) is 0 Å². The Labute approximate surface area is 90.3 Å². The van der Waals surface area contributed by atoms with Crippen molar-refractivity contribution in [3.8, 4) is 5.75 Å². The van der Waals surface area contributed by atoms with Crippen LogP contribution < -0.4 is 4.74 Å². The normalized spacial score (nSPS) is 19.0. The Bertz CT molecular complexity index is 458. The summed E-state index contributed by atoms with van der Waals surface area (Å²) in [5.74, 6) is 0.562. The average Bonchev–Trinajstić information content (AvgIpc) is 2.50. The molecule has 80 valence electrons. The van der Waals surface area contributed by atoms with E-state index in [4.69, 9.17) is 4.74 Å². The molecule has 0 bridgehead atoms. The predicted molar refractivity (Wildman–Crippen MR) is 59.4 cm³/mol. The Kier molecular flexibility index (Phi) is 2.10.